The molecule has 2 aromatic heterocycles. The van der Waals surface area contributed by atoms with Gasteiger partial charge in [0.1, 0.15) is 17.0 Å². The van der Waals surface area contributed by atoms with Crippen molar-refractivity contribution >= 4 is 17.0 Å². The molecule has 1 saturated carbocycles. The Morgan fingerprint density at radius 1 is 1.03 bits per heavy atom. The van der Waals surface area contributed by atoms with E-state index in [-0.39, 0.29) is 0 Å². The fraction of sp³-hybridized carbons (Fsp3) is 0.296. The van der Waals surface area contributed by atoms with Gasteiger partial charge < -0.3 is 14.8 Å². The number of nitrogens with one attached hydrogen (secondary N) is 1. The molecule has 0 saturated heterocycles. The second kappa shape index (κ2) is 9.06. The number of rotatable bonds is 6. The van der Waals surface area contributed by atoms with Gasteiger partial charge in [0.15, 0.2) is 5.82 Å². The minimum Gasteiger partial charge on any atom is -0.494 e. The van der Waals surface area contributed by atoms with Crippen molar-refractivity contribution in [2.45, 2.75) is 38.0 Å². The Morgan fingerprint density at radius 3 is 2.45 bits per heavy atom. The Kier molecular flexibility index (Phi) is 5.82. The monoisotopic (exact) mass is 441 g/mol. The van der Waals surface area contributed by atoms with Crippen LogP contribution in [0.25, 0.3) is 33.7 Å². The number of pyridine rings is 1. The number of methoxy groups -OCH3 is 1. The highest BCUT2D eigenvalue weighted by Gasteiger charge is 2.24. The number of carboxylic acids is 1. The summed E-state index contributed by atoms with van der Waals surface area (Å²) in [6, 6.07) is 18.6. The van der Waals surface area contributed by atoms with Gasteiger partial charge in [-0.1, -0.05) is 36.4 Å². The molecular formula is C27H27N3O3. The summed E-state index contributed by atoms with van der Waals surface area (Å²) in [6.07, 6.45) is 6.31. The fourth-order valence-electron chi connectivity index (χ4n) is 4.90. The van der Waals surface area contributed by atoms with Crippen LogP contribution in [0.2, 0.25) is 0 Å². The van der Waals surface area contributed by atoms with Gasteiger partial charge in [-0.05, 0) is 66.8 Å². The van der Waals surface area contributed by atoms with E-state index in [2.05, 4.69) is 45.3 Å². The zero-order chi connectivity index (χ0) is 22.8. The molecule has 0 unspecified atom stereocenters. The molecule has 0 spiro atoms. The number of hydrogen-bond acceptors (Lipinski definition) is 4. The number of H-pyrrole nitrogens is 1. The van der Waals surface area contributed by atoms with Crippen LogP contribution in [0.3, 0.4) is 0 Å². The minimum absolute atomic E-state index is 0.302. The van der Waals surface area contributed by atoms with Crippen LogP contribution in [0.1, 0.15) is 43.6 Å². The number of carboxylic acid groups (broad SMARTS) is 1. The second-order valence-corrected chi connectivity index (χ2v) is 8.81. The first-order chi connectivity index (χ1) is 16.1. The molecule has 6 nitrogen and oxygen atoms in total. The largest absolute Gasteiger partial charge is 0.494 e. The van der Waals surface area contributed by atoms with Crippen LogP contribution in [-0.4, -0.2) is 33.1 Å². The van der Waals surface area contributed by atoms with Crippen LogP contribution >= 0.6 is 0 Å². The van der Waals surface area contributed by atoms with Crippen LogP contribution in [-0.2, 0) is 4.79 Å². The molecule has 0 bridgehead atoms. The van der Waals surface area contributed by atoms with Crippen molar-refractivity contribution < 1.29 is 14.6 Å². The van der Waals surface area contributed by atoms with Gasteiger partial charge in [0.2, 0.25) is 0 Å². The van der Waals surface area contributed by atoms with Crippen molar-refractivity contribution in [2.75, 3.05) is 7.11 Å². The predicted octanol–water partition coefficient (Wildman–Crippen LogP) is 6.05. The predicted molar refractivity (Wildman–Crippen MR) is 128 cm³/mol. The number of aromatic nitrogens is 3. The first kappa shape index (κ1) is 21.2. The second-order valence-electron chi connectivity index (χ2n) is 8.81. The van der Waals surface area contributed by atoms with E-state index in [1.54, 1.807) is 7.11 Å². The number of carbonyl (C=O) groups is 1. The summed E-state index contributed by atoms with van der Waals surface area (Å²) in [5, 5.41) is 9.01. The summed E-state index contributed by atoms with van der Waals surface area (Å²) in [5.74, 6) is 1.65. The Hall–Kier alpha value is -3.67. The molecule has 0 atom stereocenters. The van der Waals surface area contributed by atoms with Gasteiger partial charge in [0, 0.05) is 18.2 Å². The van der Waals surface area contributed by atoms with Crippen molar-refractivity contribution in [3.05, 3.63) is 66.4 Å². The van der Waals surface area contributed by atoms with Gasteiger partial charge in [-0.15, -0.1) is 0 Å². The molecule has 1 fully saturated rings. The SMILES string of the molecule is COc1cccc2nc(-c3ccc(-c4ccc(C5CCC(CC(=O)O)CC5)cc4)cn3)[nH]c12. The van der Waals surface area contributed by atoms with Crippen molar-refractivity contribution in [1.29, 1.82) is 0 Å². The summed E-state index contributed by atoms with van der Waals surface area (Å²) < 4.78 is 5.41. The van der Waals surface area contributed by atoms with Crippen LogP contribution in [0, 0.1) is 5.92 Å². The highest BCUT2D eigenvalue weighted by Crippen LogP contribution is 2.37. The number of hydrogen-bond donors (Lipinski definition) is 2. The molecule has 6 heteroatoms. The molecule has 2 aromatic carbocycles. The Morgan fingerprint density at radius 2 is 1.79 bits per heavy atom. The van der Waals surface area contributed by atoms with Gasteiger partial charge in [-0.25, -0.2) is 4.98 Å². The molecule has 1 aliphatic carbocycles. The van der Waals surface area contributed by atoms with Crippen LogP contribution < -0.4 is 4.74 Å². The minimum atomic E-state index is -0.678. The molecule has 2 N–H and O–H groups in total. The molecule has 2 heterocycles. The number of imidazole rings is 1. The maximum atomic E-state index is 10.9. The van der Waals surface area contributed by atoms with E-state index in [1.165, 1.54) is 5.56 Å². The third-order valence-corrected chi connectivity index (χ3v) is 6.73. The number of ether oxygens (including phenoxy) is 1. The maximum Gasteiger partial charge on any atom is 0.303 e. The lowest BCUT2D eigenvalue weighted by Crippen LogP contribution is -2.16. The van der Waals surface area contributed by atoms with Gasteiger partial charge in [-0.2, -0.15) is 0 Å². The molecule has 0 radical (unpaired) electrons. The number of nitrogens with zero attached hydrogens (tertiary/aromatic N) is 2. The smallest absolute Gasteiger partial charge is 0.303 e. The molecular weight excluding hydrogens is 414 g/mol. The highest BCUT2D eigenvalue weighted by atomic mass is 16.5. The number of para-hydroxylation sites is 1. The first-order valence-corrected chi connectivity index (χ1v) is 11.4. The van der Waals surface area contributed by atoms with Crippen molar-refractivity contribution in [1.82, 2.24) is 15.0 Å². The summed E-state index contributed by atoms with van der Waals surface area (Å²) in [4.78, 5) is 23.5. The molecule has 4 aromatic rings. The molecule has 0 amide bonds. The molecule has 1 aliphatic rings. The van der Waals surface area contributed by atoms with Crippen molar-refractivity contribution in [3.8, 4) is 28.4 Å². The summed E-state index contributed by atoms with van der Waals surface area (Å²) in [6.45, 7) is 0. The van der Waals surface area contributed by atoms with Crippen LogP contribution in [0.15, 0.2) is 60.8 Å². The van der Waals surface area contributed by atoms with E-state index < -0.39 is 5.97 Å². The Balaban J connectivity index is 1.28. The lowest BCUT2D eigenvalue weighted by Gasteiger charge is -2.28. The Labute approximate surface area is 192 Å². The zero-order valence-electron chi connectivity index (χ0n) is 18.6. The lowest BCUT2D eigenvalue weighted by atomic mass is 9.77. The zero-order valence-corrected chi connectivity index (χ0v) is 18.6. The van der Waals surface area contributed by atoms with Gasteiger partial charge >= 0.3 is 5.97 Å². The molecule has 33 heavy (non-hydrogen) atoms. The van der Waals surface area contributed by atoms with Gasteiger partial charge in [0.25, 0.3) is 0 Å². The normalized spacial score (nSPS) is 18.3. The molecule has 0 aliphatic heterocycles. The third kappa shape index (κ3) is 4.46. The van der Waals surface area contributed by atoms with E-state index in [1.807, 2.05) is 30.5 Å². The average molecular weight is 442 g/mol. The summed E-state index contributed by atoms with van der Waals surface area (Å²) >= 11 is 0. The highest BCUT2D eigenvalue weighted by molar-refractivity contribution is 5.84. The molecule has 5 rings (SSSR count). The van der Waals surface area contributed by atoms with E-state index in [9.17, 15) is 4.79 Å². The van der Waals surface area contributed by atoms with E-state index in [0.29, 0.717) is 18.3 Å². The fourth-order valence-corrected chi connectivity index (χ4v) is 4.90. The van der Waals surface area contributed by atoms with Gasteiger partial charge in [0.05, 0.1) is 12.6 Å². The van der Waals surface area contributed by atoms with Crippen LogP contribution in [0.5, 0.6) is 5.75 Å². The number of aromatic amines is 1. The topological polar surface area (TPSA) is 88.1 Å². The number of benzene rings is 2. The maximum absolute atomic E-state index is 10.9. The van der Waals surface area contributed by atoms with Crippen molar-refractivity contribution in [2.24, 2.45) is 5.92 Å². The average Bonchev–Trinajstić information content (AvgIpc) is 3.29. The quantitative estimate of drug-likeness (QED) is 0.380. The summed E-state index contributed by atoms with van der Waals surface area (Å²) in [7, 11) is 1.65. The first-order valence-electron chi connectivity index (χ1n) is 11.4. The third-order valence-electron chi connectivity index (χ3n) is 6.73. The summed E-state index contributed by atoms with van der Waals surface area (Å²) in [5.41, 5.74) is 6.03. The number of aliphatic carboxylic acids is 1. The van der Waals surface area contributed by atoms with Crippen LogP contribution in [0.4, 0.5) is 0 Å². The van der Waals surface area contributed by atoms with E-state index in [4.69, 9.17) is 9.84 Å². The van der Waals surface area contributed by atoms with E-state index in [0.717, 1.165) is 65.1 Å². The Bertz CT molecular complexity index is 1250. The van der Waals surface area contributed by atoms with Gasteiger partial charge in [-0.3, -0.25) is 9.78 Å². The van der Waals surface area contributed by atoms with E-state index >= 15 is 0 Å². The standard InChI is InChI=1S/C27H27N3O3/c1-33-24-4-2-3-22-26(24)30-27(29-22)23-14-13-21(16-28-23)20-11-9-19(10-12-20)18-7-5-17(6-8-18)15-25(31)32/h2-4,9-14,16-18H,5-8,15H2,1H3,(H,29,30)(H,31,32). The lowest BCUT2D eigenvalue weighted by molar-refractivity contribution is -0.138. The molecule has 168 valence electrons. The van der Waals surface area contributed by atoms with Crippen molar-refractivity contribution in [3.63, 3.8) is 0 Å². The number of fused-ring (bicyclic) bond motifs is 1.